The first kappa shape index (κ1) is 17.6. The molecule has 0 amide bonds. The molecule has 0 unspecified atom stereocenters. The fraction of sp³-hybridized carbons (Fsp3) is 0.526. The van der Waals surface area contributed by atoms with Gasteiger partial charge in [-0.15, -0.1) is 0 Å². The zero-order valence-electron chi connectivity index (χ0n) is 15.1. The second-order valence-electron chi connectivity index (χ2n) is 6.88. The maximum absolute atomic E-state index is 4.61. The zero-order chi connectivity index (χ0) is 17.5. The van der Waals surface area contributed by atoms with Gasteiger partial charge in [-0.2, -0.15) is 4.98 Å². The molecule has 0 bridgehead atoms. The summed E-state index contributed by atoms with van der Waals surface area (Å²) in [4.78, 5) is 13.6. The molecular weight excluding hydrogens is 312 g/mol. The average Bonchev–Trinajstić information content (AvgIpc) is 2.63. The third-order valence-corrected chi connectivity index (χ3v) is 4.39. The van der Waals surface area contributed by atoms with Crippen LogP contribution in [0, 0.1) is 5.92 Å². The second kappa shape index (κ2) is 8.76. The molecule has 2 aromatic rings. The lowest BCUT2D eigenvalue weighted by Gasteiger charge is -2.22. The zero-order valence-corrected chi connectivity index (χ0v) is 15.1. The third kappa shape index (κ3) is 5.39. The van der Waals surface area contributed by atoms with Crippen LogP contribution in [0.15, 0.2) is 30.5 Å². The summed E-state index contributed by atoms with van der Waals surface area (Å²) in [5, 5.41) is 10.2. The fourth-order valence-electron chi connectivity index (χ4n) is 3.08. The van der Waals surface area contributed by atoms with Gasteiger partial charge in [-0.05, 0) is 64.3 Å². The molecule has 3 N–H and O–H groups in total. The van der Waals surface area contributed by atoms with Gasteiger partial charge in [-0.3, -0.25) is 4.98 Å². The second-order valence-corrected chi connectivity index (χ2v) is 6.88. The highest BCUT2D eigenvalue weighted by Crippen LogP contribution is 2.21. The van der Waals surface area contributed by atoms with Crippen LogP contribution in [0.3, 0.4) is 0 Å². The molecule has 1 fully saturated rings. The topological polar surface area (TPSA) is 74.8 Å². The lowest BCUT2D eigenvalue weighted by atomic mass is 9.95. The summed E-state index contributed by atoms with van der Waals surface area (Å²) in [6.45, 7) is 7.39. The van der Waals surface area contributed by atoms with Gasteiger partial charge in [-0.25, -0.2) is 4.98 Å². The SMILES string of the molecule is CC(C)Nc1nc(NCCC2CCNCC2)cc(-c2ccccn2)n1. The number of pyridine rings is 1. The van der Waals surface area contributed by atoms with E-state index in [2.05, 4.69) is 44.7 Å². The smallest absolute Gasteiger partial charge is 0.225 e. The molecule has 2 aromatic heterocycles. The summed E-state index contributed by atoms with van der Waals surface area (Å²) in [6.07, 6.45) is 5.50. The van der Waals surface area contributed by atoms with Crippen LogP contribution < -0.4 is 16.0 Å². The Labute approximate surface area is 149 Å². The van der Waals surface area contributed by atoms with Gasteiger partial charge in [-0.1, -0.05) is 6.07 Å². The van der Waals surface area contributed by atoms with Crippen molar-refractivity contribution in [2.75, 3.05) is 30.3 Å². The van der Waals surface area contributed by atoms with Crippen molar-refractivity contribution in [3.05, 3.63) is 30.5 Å². The van der Waals surface area contributed by atoms with Crippen molar-refractivity contribution in [3.8, 4) is 11.4 Å². The van der Waals surface area contributed by atoms with E-state index in [1.54, 1.807) is 6.20 Å². The summed E-state index contributed by atoms with van der Waals surface area (Å²) in [6, 6.07) is 8.12. The molecule has 1 aliphatic rings. The van der Waals surface area contributed by atoms with Crippen molar-refractivity contribution >= 4 is 11.8 Å². The van der Waals surface area contributed by atoms with Crippen LogP contribution in [0.1, 0.15) is 33.1 Å². The van der Waals surface area contributed by atoms with Gasteiger partial charge in [0.2, 0.25) is 5.95 Å². The third-order valence-electron chi connectivity index (χ3n) is 4.39. The normalized spacial score (nSPS) is 15.3. The number of piperidine rings is 1. The van der Waals surface area contributed by atoms with E-state index >= 15 is 0 Å². The highest BCUT2D eigenvalue weighted by Gasteiger charge is 2.13. The number of rotatable bonds is 7. The Morgan fingerprint density at radius 1 is 1.16 bits per heavy atom. The van der Waals surface area contributed by atoms with Crippen molar-refractivity contribution in [1.82, 2.24) is 20.3 Å². The molecule has 25 heavy (non-hydrogen) atoms. The van der Waals surface area contributed by atoms with Crippen molar-refractivity contribution in [1.29, 1.82) is 0 Å². The van der Waals surface area contributed by atoms with Gasteiger partial charge in [0.15, 0.2) is 0 Å². The van der Waals surface area contributed by atoms with Gasteiger partial charge in [0.1, 0.15) is 5.82 Å². The van der Waals surface area contributed by atoms with E-state index < -0.39 is 0 Å². The van der Waals surface area contributed by atoms with Gasteiger partial charge in [0.25, 0.3) is 0 Å². The molecule has 6 nitrogen and oxygen atoms in total. The van der Waals surface area contributed by atoms with Gasteiger partial charge in [0.05, 0.1) is 11.4 Å². The van der Waals surface area contributed by atoms with Crippen LogP contribution in [-0.4, -0.2) is 40.6 Å². The minimum Gasteiger partial charge on any atom is -0.370 e. The van der Waals surface area contributed by atoms with Crippen LogP contribution in [0.4, 0.5) is 11.8 Å². The molecule has 0 aromatic carbocycles. The summed E-state index contributed by atoms with van der Waals surface area (Å²) >= 11 is 0. The quantitative estimate of drug-likeness (QED) is 0.719. The van der Waals surface area contributed by atoms with E-state index in [0.29, 0.717) is 5.95 Å². The Morgan fingerprint density at radius 2 is 2.00 bits per heavy atom. The monoisotopic (exact) mass is 340 g/mol. The van der Waals surface area contributed by atoms with Crippen LogP contribution >= 0.6 is 0 Å². The molecule has 6 heteroatoms. The summed E-state index contributed by atoms with van der Waals surface area (Å²) in [5.41, 5.74) is 1.70. The van der Waals surface area contributed by atoms with E-state index in [1.165, 1.54) is 19.3 Å². The summed E-state index contributed by atoms with van der Waals surface area (Å²) in [7, 11) is 0. The first-order chi connectivity index (χ1) is 12.2. The molecule has 3 heterocycles. The van der Waals surface area contributed by atoms with E-state index in [0.717, 1.165) is 42.8 Å². The maximum Gasteiger partial charge on any atom is 0.225 e. The lowest BCUT2D eigenvalue weighted by molar-refractivity contribution is 0.361. The molecule has 0 atom stereocenters. The van der Waals surface area contributed by atoms with Crippen LogP contribution in [0.2, 0.25) is 0 Å². The average molecular weight is 340 g/mol. The minimum absolute atomic E-state index is 0.279. The van der Waals surface area contributed by atoms with Crippen molar-refractivity contribution in [2.45, 2.75) is 39.2 Å². The molecule has 3 rings (SSSR count). The molecular formula is C19H28N6. The van der Waals surface area contributed by atoms with Crippen LogP contribution in [0.5, 0.6) is 0 Å². The van der Waals surface area contributed by atoms with E-state index in [-0.39, 0.29) is 6.04 Å². The van der Waals surface area contributed by atoms with Gasteiger partial charge >= 0.3 is 0 Å². The Bertz CT molecular complexity index is 652. The number of hydrogen-bond acceptors (Lipinski definition) is 6. The highest BCUT2D eigenvalue weighted by atomic mass is 15.2. The van der Waals surface area contributed by atoms with E-state index in [9.17, 15) is 0 Å². The Hall–Kier alpha value is -2.21. The first-order valence-electron chi connectivity index (χ1n) is 9.22. The number of anilines is 2. The molecule has 0 radical (unpaired) electrons. The maximum atomic E-state index is 4.61. The van der Waals surface area contributed by atoms with Crippen LogP contribution in [0.25, 0.3) is 11.4 Å². The molecule has 134 valence electrons. The van der Waals surface area contributed by atoms with Crippen LogP contribution in [-0.2, 0) is 0 Å². The lowest BCUT2D eigenvalue weighted by Crippen LogP contribution is -2.28. The number of aromatic nitrogens is 3. The first-order valence-corrected chi connectivity index (χ1v) is 9.22. The predicted molar refractivity (Wildman–Crippen MR) is 103 cm³/mol. The Kier molecular flexibility index (Phi) is 6.17. The van der Waals surface area contributed by atoms with Gasteiger partial charge in [0, 0.05) is 24.8 Å². The number of nitrogens with one attached hydrogen (secondary N) is 3. The largest absolute Gasteiger partial charge is 0.370 e. The highest BCUT2D eigenvalue weighted by molar-refractivity contribution is 5.60. The Balaban J connectivity index is 1.70. The van der Waals surface area contributed by atoms with Crippen molar-refractivity contribution < 1.29 is 0 Å². The molecule has 1 aliphatic heterocycles. The molecule has 0 aliphatic carbocycles. The fourth-order valence-corrected chi connectivity index (χ4v) is 3.08. The van der Waals surface area contributed by atoms with Gasteiger partial charge < -0.3 is 16.0 Å². The predicted octanol–water partition coefficient (Wildman–Crippen LogP) is 3.16. The van der Waals surface area contributed by atoms with E-state index in [4.69, 9.17) is 0 Å². The number of hydrogen-bond donors (Lipinski definition) is 3. The number of nitrogens with zero attached hydrogens (tertiary/aromatic N) is 3. The molecule has 1 saturated heterocycles. The molecule has 0 saturated carbocycles. The standard InChI is InChI=1S/C19H28N6/c1-14(2)23-19-24-17(16-5-3-4-9-21-16)13-18(25-19)22-12-8-15-6-10-20-11-7-15/h3-5,9,13-15,20H,6-8,10-12H2,1-2H3,(H2,22,23,24,25). The minimum atomic E-state index is 0.279. The van der Waals surface area contributed by atoms with Crippen molar-refractivity contribution in [3.63, 3.8) is 0 Å². The summed E-state index contributed by atoms with van der Waals surface area (Å²) < 4.78 is 0. The Morgan fingerprint density at radius 3 is 2.72 bits per heavy atom. The van der Waals surface area contributed by atoms with Crippen molar-refractivity contribution in [2.24, 2.45) is 5.92 Å². The van der Waals surface area contributed by atoms with E-state index in [1.807, 2.05) is 24.3 Å². The molecule has 0 spiro atoms. The summed E-state index contributed by atoms with van der Waals surface area (Å²) in [5.74, 6) is 2.30.